The molecule has 0 fully saturated rings. The van der Waals surface area contributed by atoms with Crippen molar-refractivity contribution >= 4 is 56.0 Å². The quantitative estimate of drug-likeness (QED) is 0.197. The first kappa shape index (κ1) is 24.5. The second kappa shape index (κ2) is 10.8. The summed E-state index contributed by atoms with van der Waals surface area (Å²) in [6, 6.07) is 25.1. The number of carbonyl (C=O) groups is 1. The Morgan fingerprint density at radius 2 is 1.83 bits per heavy atom. The zero-order valence-electron chi connectivity index (χ0n) is 19.2. The van der Waals surface area contributed by atoms with Crippen LogP contribution in [0.4, 0.5) is 5.69 Å². The van der Waals surface area contributed by atoms with Crippen molar-refractivity contribution < 1.29 is 9.53 Å². The fourth-order valence-corrected chi connectivity index (χ4v) is 4.43. The summed E-state index contributed by atoms with van der Waals surface area (Å²) in [5.41, 5.74) is 4.40. The summed E-state index contributed by atoms with van der Waals surface area (Å²) in [4.78, 5) is 12.7. The SMILES string of the molecule is Cc1ccc(Cl)cc1NC(=O)/C(C#N)=C/c1ccc(OCc2c(C)ccc3ccccc23)c(Br)c1. The molecule has 0 unspecified atom stereocenters. The van der Waals surface area contributed by atoms with E-state index >= 15 is 0 Å². The second-order valence-electron chi connectivity index (χ2n) is 8.14. The van der Waals surface area contributed by atoms with E-state index in [2.05, 4.69) is 52.4 Å². The molecule has 4 nitrogen and oxygen atoms in total. The molecule has 0 aliphatic carbocycles. The first-order valence-corrected chi connectivity index (χ1v) is 12.1. The number of anilines is 1. The van der Waals surface area contributed by atoms with E-state index in [1.807, 2.05) is 49.4 Å². The molecule has 0 saturated heterocycles. The molecular weight excluding hydrogens is 524 g/mol. The minimum atomic E-state index is -0.499. The highest BCUT2D eigenvalue weighted by Gasteiger charge is 2.13. The monoisotopic (exact) mass is 544 g/mol. The minimum Gasteiger partial charge on any atom is -0.488 e. The van der Waals surface area contributed by atoms with Crippen molar-refractivity contribution in [2.24, 2.45) is 0 Å². The minimum absolute atomic E-state index is 0.0173. The summed E-state index contributed by atoms with van der Waals surface area (Å²) in [5.74, 6) is 0.174. The van der Waals surface area contributed by atoms with Gasteiger partial charge in [0.25, 0.3) is 5.91 Å². The molecule has 0 spiro atoms. The van der Waals surface area contributed by atoms with Crippen LogP contribution in [0.25, 0.3) is 16.8 Å². The van der Waals surface area contributed by atoms with Gasteiger partial charge in [-0.25, -0.2) is 0 Å². The van der Waals surface area contributed by atoms with Crippen molar-refractivity contribution in [2.75, 3.05) is 5.32 Å². The summed E-state index contributed by atoms with van der Waals surface area (Å²) in [5, 5.41) is 15.2. The van der Waals surface area contributed by atoms with E-state index in [0.717, 1.165) is 15.6 Å². The number of ether oxygens (including phenoxy) is 1. The Morgan fingerprint density at radius 1 is 1.06 bits per heavy atom. The molecule has 0 aromatic heterocycles. The van der Waals surface area contributed by atoms with Crippen molar-refractivity contribution in [1.29, 1.82) is 5.26 Å². The maximum Gasteiger partial charge on any atom is 0.266 e. The zero-order chi connectivity index (χ0) is 24.9. The maximum atomic E-state index is 12.7. The Bertz CT molecular complexity index is 1500. The van der Waals surface area contributed by atoms with Crippen LogP contribution in [0.5, 0.6) is 5.75 Å². The van der Waals surface area contributed by atoms with E-state index in [4.69, 9.17) is 16.3 Å². The smallest absolute Gasteiger partial charge is 0.266 e. The van der Waals surface area contributed by atoms with Crippen LogP contribution in [0.1, 0.15) is 22.3 Å². The fraction of sp³-hybridized carbons (Fsp3) is 0.103. The van der Waals surface area contributed by atoms with Crippen molar-refractivity contribution in [2.45, 2.75) is 20.5 Å². The third kappa shape index (κ3) is 5.74. The van der Waals surface area contributed by atoms with E-state index in [1.54, 1.807) is 18.2 Å². The van der Waals surface area contributed by atoms with Crippen molar-refractivity contribution in [3.63, 3.8) is 0 Å². The largest absolute Gasteiger partial charge is 0.488 e. The Morgan fingerprint density at radius 3 is 2.60 bits per heavy atom. The maximum absolute atomic E-state index is 12.7. The van der Waals surface area contributed by atoms with E-state index in [9.17, 15) is 10.1 Å². The Hall–Kier alpha value is -3.59. The van der Waals surface area contributed by atoms with Gasteiger partial charge in [-0.2, -0.15) is 5.26 Å². The molecule has 1 amide bonds. The Kier molecular flexibility index (Phi) is 7.55. The number of hydrogen-bond donors (Lipinski definition) is 1. The Balaban J connectivity index is 1.51. The molecule has 35 heavy (non-hydrogen) atoms. The van der Waals surface area contributed by atoms with Crippen LogP contribution in [-0.4, -0.2) is 5.91 Å². The number of fused-ring (bicyclic) bond motifs is 1. The van der Waals surface area contributed by atoms with Crippen LogP contribution < -0.4 is 10.1 Å². The van der Waals surface area contributed by atoms with Gasteiger partial charge >= 0.3 is 0 Å². The lowest BCUT2D eigenvalue weighted by atomic mass is 10.0. The lowest BCUT2D eigenvalue weighted by molar-refractivity contribution is -0.112. The fourth-order valence-electron chi connectivity index (χ4n) is 3.74. The van der Waals surface area contributed by atoms with Gasteiger partial charge in [0.1, 0.15) is 24.0 Å². The number of nitrogens with one attached hydrogen (secondary N) is 1. The molecular formula is C29H22BrClN2O2. The molecule has 0 saturated carbocycles. The van der Waals surface area contributed by atoms with Crippen LogP contribution in [0, 0.1) is 25.2 Å². The van der Waals surface area contributed by atoms with Gasteiger partial charge in [-0.05, 0) is 87.6 Å². The van der Waals surface area contributed by atoms with Crippen molar-refractivity contribution in [3.05, 3.63) is 110 Å². The highest BCUT2D eigenvalue weighted by atomic mass is 79.9. The average molecular weight is 546 g/mol. The standard InChI is InChI=1S/C29H22BrClN2O2/c1-18-7-10-21-5-3-4-6-24(21)25(18)17-35-28-12-9-20(14-26(28)30)13-22(16-32)29(34)33-27-15-23(31)11-8-19(27)2/h3-15H,17H2,1-2H3,(H,33,34)/b22-13+. The molecule has 0 aliphatic heterocycles. The number of halogens is 2. The van der Waals surface area contributed by atoms with Gasteiger partial charge < -0.3 is 10.1 Å². The summed E-state index contributed by atoms with van der Waals surface area (Å²) in [7, 11) is 0. The first-order chi connectivity index (χ1) is 16.9. The van der Waals surface area contributed by atoms with Crippen LogP contribution in [0.2, 0.25) is 5.02 Å². The van der Waals surface area contributed by atoms with Gasteiger partial charge in [0.05, 0.1) is 4.47 Å². The molecule has 0 heterocycles. The molecule has 0 atom stereocenters. The van der Waals surface area contributed by atoms with E-state index < -0.39 is 5.91 Å². The van der Waals surface area contributed by atoms with Crippen molar-refractivity contribution in [1.82, 2.24) is 0 Å². The lowest BCUT2D eigenvalue weighted by Gasteiger charge is -2.13. The number of amides is 1. The number of aryl methyl sites for hydroxylation is 2. The molecule has 0 radical (unpaired) electrons. The number of hydrogen-bond acceptors (Lipinski definition) is 3. The third-order valence-electron chi connectivity index (χ3n) is 5.73. The number of carbonyl (C=O) groups excluding carboxylic acids is 1. The molecule has 4 aromatic carbocycles. The molecule has 0 bridgehead atoms. The van der Waals surface area contributed by atoms with Crippen LogP contribution in [0.15, 0.2) is 82.8 Å². The highest BCUT2D eigenvalue weighted by Crippen LogP contribution is 2.30. The molecule has 1 N–H and O–H groups in total. The summed E-state index contributed by atoms with van der Waals surface area (Å²) >= 11 is 9.59. The number of benzene rings is 4. The molecule has 4 rings (SSSR count). The van der Waals surface area contributed by atoms with Gasteiger partial charge in [0.2, 0.25) is 0 Å². The first-order valence-electron chi connectivity index (χ1n) is 10.9. The molecule has 6 heteroatoms. The summed E-state index contributed by atoms with van der Waals surface area (Å²) in [6.07, 6.45) is 1.54. The van der Waals surface area contributed by atoms with Gasteiger partial charge in [-0.15, -0.1) is 0 Å². The number of nitrogens with zero attached hydrogens (tertiary/aromatic N) is 1. The molecule has 0 aliphatic rings. The van der Waals surface area contributed by atoms with Gasteiger partial charge in [0, 0.05) is 16.3 Å². The van der Waals surface area contributed by atoms with Crippen LogP contribution in [-0.2, 0) is 11.4 Å². The van der Waals surface area contributed by atoms with Crippen LogP contribution >= 0.6 is 27.5 Å². The summed E-state index contributed by atoms with van der Waals surface area (Å²) < 4.78 is 6.85. The van der Waals surface area contributed by atoms with E-state index in [1.165, 1.54) is 16.3 Å². The highest BCUT2D eigenvalue weighted by molar-refractivity contribution is 9.10. The lowest BCUT2D eigenvalue weighted by Crippen LogP contribution is -2.14. The summed E-state index contributed by atoms with van der Waals surface area (Å²) in [6.45, 7) is 4.36. The second-order valence-corrected chi connectivity index (χ2v) is 9.43. The predicted molar refractivity (Wildman–Crippen MR) is 146 cm³/mol. The molecule has 4 aromatic rings. The Labute approximate surface area is 217 Å². The normalized spacial score (nSPS) is 11.2. The average Bonchev–Trinajstić information content (AvgIpc) is 2.85. The van der Waals surface area contributed by atoms with Crippen LogP contribution in [0.3, 0.4) is 0 Å². The van der Waals surface area contributed by atoms with Gasteiger partial charge in [-0.1, -0.05) is 60.1 Å². The number of nitriles is 1. The third-order valence-corrected chi connectivity index (χ3v) is 6.58. The number of rotatable bonds is 6. The predicted octanol–water partition coefficient (Wildman–Crippen LogP) is 8.00. The van der Waals surface area contributed by atoms with E-state index in [-0.39, 0.29) is 5.57 Å². The zero-order valence-corrected chi connectivity index (χ0v) is 21.6. The molecule has 174 valence electrons. The topological polar surface area (TPSA) is 62.1 Å². The van der Waals surface area contributed by atoms with Gasteiger partial charge in [0.15, 0.2) is 0 Å². The van der Waals surface area contributed by atoms with Gasteiger partial charge in [-0.3, -0.25) is 4.79 Å². The van der Waals surface area contributed by atoms with E-state index in [0.29, 0.717) is 28.6 Å². The van der Waals surface area contributed by atoms with Crippen molar-refractivity contribution in [3.8, 4) is 11.8 Å².